The van der Waals surface area contributed by atoms with Crippen molar-refractivity contribution in [3.8, 4) is 6.07 Å². The SMILES string of the molecule is CC(=O)c1[c]c(C#N)c(C)c(Cl)c1. The lowest BCUT2D eigenvalue weighted by Gasteiger charge is -2.02. The van der Waals surface area contributed by atoms with Crippen molar-refractivity contribution in [1.82, 2.24) is 0 Å². The minimum atomic E-state index is -0.140. The van der Waals surface area contributed by atoms with E-state index in [9.17, 15) is 4.79 Å². The van der Waals surface area contributed by atoms with Gasteiger partial charge in [0.25, 0.3) is 0 Å². The number of benzene rings is 1. The predicted octanol–water partition coefficient (Wildman–Crippen LogP) is 2.52. The Balaban J connectivity index is 3.41. The predicted molar refractivity (Wildman–Crippen MR) is 49.7 cm³/mol. The van der Waals surface area contributed by atoms with Gasteiger partial charge in [0, 0.05) is 16.7 Å². The van der Waals surface area contributed by atoms with E-state index in [2.05, 4.69) is 6.07 Å². The maximum absolute atomic E-state index is 11.0. The summed E-state index contributed by atoms with van der Waals surface area (Å²) in [6.07, 6.45) is 0. The minimum Gasteiger partial charge on any atom is -0.294 e. The van der Waals surface area contributed by atoms with Gasteiger partial charge in [0.05, 0.1) is 5.56 Å². The van der Waals surface area contributed by atoms with Crippen LogP contribution in [0.15, 0.2) is 6.07 Å². The molecule has 65 valence electrons. The summed E-state index contributed by atoms with van der Waals surface area (Å²) in [6.45, 7) is 3.14. The zero-order valence-electron chi connectivity index (χ0n) is 7.31. The van der Waals surface area contributed by atoms with Crippen LogP contribution in [0.3, 0.4) is 0 Å². The highest BCUT2D eigenvalue weighted by molar-refractivity contribution is 6.31. The van der Waals surface area contributed by atoms with Crippen LogP contribution in [-0.4, -0.2) is 5.78 Å². The maximum atomic E-state index is 11.0. The Morgan fingerprint density at radius 1 is 1.69 bits per heavy atom. The largest absolute Gasteiger partial charge is 0.294 e. The molecule has 0 fully saturated rings. The molecule has 0 aliphatic rings. The van der Waals surface area contributed by atoms with Gasteiger partial charge in [0.1, 0.15) is 6.07 Å². The lowest BCUT2D eigenvalue weighted by Crippen LogP contribution is -1.95. The van der Waals surface area contributed by atoms with E-state index in [-0.39, 0.29) is 5.78 Å². The molecule has 0 unspecified atom stereocenters. The lowest BCUT2D eigenvalue weighted by molar-refractivity contribution is 0.101. The van der Waals surface area contributed by atoms with E-state index in [1.54, 1.807) is 6.92 Å². The molecule has 0 spiro atoms. The second-order valence-corrected chi connectivity index (χ2v) is 3.11. The number of Topliss-reactive ketones (excluding diaryl/α,β-unsaturated/α-hetero) is 1. The Labute approximate surface area is 81.7 Å². The van der Waals surface area contributed by atoms with Gasteiger partial charge < -0.3 is 0 Å². The van der Waals surface area contributed by atoms with Crippen molar-refractivity contribution in [2.24, 2.45) is 0 Å². The highest BCUT2D eigenvalue weighted by atomic mass is 35.5. The summed E-state index contributed by atoms with van der Waals surface area (Å²) in [5, 5.41) is 9.13. The van der Waals surface area contributed by atoms with E-state index in [1.165, 1.54) is 13.0 Å². The first kappa shape index (κ1) is 9.76. The van der Waals surface area contributed by atoms with Crippen LogP contribution in [0, 0.1) is 24.3 Å². The molecule has 2 nitrogen and oxygen atoms in total. The van der Waals surface area contributed by atoms with Gasteiger partial charge in [-0.05, 0) is 25.5 Å². The fraction of sp³-hybridized carbons (Fsp3) is 0.200. The first-order valence-corrected chi connectivity index (χ1v) is 4.07. The van der Waals surface area contributed by atoms with E-state index in [1.807, 2.05) is 6.07 Å². The Bertz CT molecular complexity index is 404. The summed E-state index contributed by atoms with van der Waals surface area (Å²) in [5.41, 5.74) is 1.35. The Hall–Kier alpha value is -1.33. The summed E-state index contributed by atoms with van der Waals surface area (Å²) in [4.78, 5) is 11.0. The van der Waals surface area contributed by atoms with Gasteiger partial charge in [-0.2, -0.15) is 5.26 Å². The third-order valence-corrected chi connectivity index (χ3v) is 2.15. The molecule has 1 radical (unpaired) electrons. The fourth-order valence-electron chi connectivity index (χ4n) is 0.920. The molecule has 1 aromatic rings. The van der Waals surface area contributed by atoms with Crippen molar-refractivity contribution in [1.29, 1.82) is 5.26 Å². The molecule has 0 bridgehead atoms. The number of rotatable bonds is 1. The number of halogens is 1. The zero-order chi connectivity index (χ0) is 10.0. The van der Waals surface area contributed by atoms with E-state index in [4.69, 9.17) is 16.9 Å². The van der Waals surface area contributed by atoms with E-state index >= 15 is 0 Å². The highest BCUT2D eigenvalue weighted by Crippen LogP contribution is 2.20. The van der Waals surface area contributed by atoms with Crippen LogP contribution < -0.4 is 0 Å². The molecular weight excluding hydrogens is 186 g/mol. The van der Waals surface area contributed by atoms with Crippen LogP contribution >= 0.6 is 11.6 Å². The van der Waals surface area contributed by atoms with Gasteiger partial charge in [0.15, 0.2) is 5.78 Å². The number of carbonyl (C=O) groups is 1. The van der Waals surface area contributed by atoms with Crippen LogP contribution in [0.1, 0.15) is 28.4 Å². The van der Waals surface area contributed by atoms with E-state index < -0.39 is 0 Å². The smallest absolute Gasteiger partial charge is 0.160 e. The van der Waals surface area contributed by atoms with Crippen molar-refractivity contribution in [3.63, 3.8) is 0 Å². The van der Waals surface area contributed by atoms with Crippen molar-refractivity contribution in [2.75, 3.05) is 0 Å². The third kappa shape index (κ3) is 1.88. The molecule has 0 N–H and O–H groups in total. The Morgan fingerprint density at radius 2 is 2.31 bits per heavy atom. The summed E-state index contributed by atoms with van der Waals surface area (Å²) >= 11 is 5.82. The van der Waals surface area contributed by atoms with Crippen LogP contribution in [-0.2, 0) is 0 Å². The Kier molecular flexibility index (Phi) is 2.69. The summed E-state index contributed by atoms with van der Waals surface area (Å²) in [6, 6.07) is 6.17. The number of carbonyl (C=O) groups excluding carboxylic acids is 1. The molecule has 0 aliphatic carbocycles. The number of nitriles is 1. The summed E-state index contributed by atoms with van der Waals surface area (Å²) in [5.74, 6) is -0.140. The van der Waals surface area contributed by atoms with Crippen molar-refractivity contribution >= 4 is 17.4 Å². The van der Waals surface area contributed by atoms with Crippen LogP contribution in [0.4, 0.5) is 0 Å². The molecule has 0 saturated carbocycles. The Morgan fingerprint density at radius 3 is 2.77 bits per heavy atom. The number of hydrogen-bond donors (Lipinski definition) is 0. The average Bonchev–Trinajstić information content (AvgIpc) is 2.09. The van der Waals surface area contributed by atoms with Crippen molar-refractivity contribution in [3.05, 3.63) is 33.8 Å². The van der Waals surface area contributed by atoms with Gasteiger partial charge >= 0.3 is 0 Å². The minimum absolute atomic E-state index is 0.140. The van der Waals surface area contributed by atoms with Gasteiger partial charge in [-0.1, -0.05) is 11.6 Å². The molecule has 3 heteroatoms. The molecule has 1 rings (SSSR count). The summed E-state index contributed by atoms with van der Waals surface area (Å²) in [7, 11) is 0. The highest BCUT2D eigenvalue weighted by Gasteiger charge is 2.08. The van der Waals surface area contributed by atoms with Crippen molar-refractivity contribution < 1.29 is 4.79 Å². The standard InChI is InChI=1S/C10H7ClNO/c1-6-9(5-12)3-8(7(2)13)4-10(6)11/h4H,1-2H3. The molecule has 0 aliphatic heterocycles. The van der Waals surface area contributed by atoms with Gasteiger partial charge in [-0.25, -0.2) is 0 Å². The molecule has 0 amide bonds. The normalized spacial score (nSPS) is 9.38. The molecule has 1 aromatic carbocycles. The van der Waals surface area contributed by atoms with Gasteiger partial charge in [0.2, 0.25) is 0 Å². The van der Waals surface area contributed by atoms with E-state index in [0.717, 1.165) is 0 Å². The van der Waals surface area contributed by atoms with Crippen LogP contribution in [0.2, 0.25) is 5.02 Å². The molecule has 13 heavy (non-hydrogen) atoms. The lowest BCUT2D eigenvalue weighted by atomic mass is 10.0. The van der Waals surface area contributed by atoms with Crippen LogP contribution in [0.25, 0.3) is 0 Å². The second kappa shape index (κ2) is 3.59. The molecule has 0 atom stereocenters. The van der Waals surface area contributed by atoms with Gasteiger partial charge in [-0.3, -0.25) is 4.79 Å². The monoisotopic (exact) mass is 192 g/mol. The topological polar surface area (TPSA) is 40.9 Å². The second-order valence-electron chi connectivity index (χ2n) is 2.70. The zero-order valence-corrected chi connectivity index (χ0v) is 8.07. The quantitative estimate of drug-likeness (QED) is 0.642. The summed E-state index contributed by atoms with van der Waals surface area (Å²) < 4.78 is 0. The molecule has 0 heterocycles. The number of ketones is 1. The van der Waals surface area contributed by atoms with Gasteiger partial charge in [-0.15, -0.1) is 0 Å². The molecule has 0 saturated heterocycles. The van der Waals surface area contributed by atoms with Crippen molar-refractivity contribution in [2.45, 2.75) is 13.8 Å². The first-order valence-electron chi connectivity index (χ1n) is 3.69. The first-order chi connectivity index (χ1) is 6.06. The third-order valence-electron chi connectivity index (χ3n) is 1.76. The fourth-order valence-corrected chi connectivity index (χ4v) is 1.12. The maximum Gasteiger partial charge on any atom is 0.160 e. The number of hydrogen-bond acceptors (Lipinski definition) is 2. The number of nitrogens with zero attached hydrogens (tertiary/aromatic N) is 1. The van der Waals surface area contributed by atoms with Crippen LogP contribution in [0.5, 0.6) is 0 Å². The average molecular weight is 193 g/mol. The molecular formula is C10H7ClNO. The van der Waals surface area contributed by atoms with E-state index in [0.29, 0.717) is 21.7 Å². The molecule has 0 aromatic heterocycles.